The van der Waals surface area contributed by atoms with Crippen LogP contribution in [0.25, 0.3) is 10.5 Å². The Hall–Kier alpha value is -2.54. The number of hydrogen-bond acceptors (Lipinski definition) is 5. The van der Waals surface area contributed by atoms with Crippen LogP contribution in [0.4, 0.5) is 5.69 Å². The van der Waals surface area contributed by atoms with Crippen LogP contribution >= 0.6 is 11.3 Å². The molecule has 0 saturated carbocycles. The number of aromatic nitrogens is 3. The fourth-order valence-electron chi connectivity index (χ4n) is 2.87. The first kappa shape index (κ1) is 14.1. The summed E-state index contributed by atoms with van der Waals surface area (Å²) in [7, 11) is 0. The highest BCUT2D eigenvalue weighted by Gasteiger charge is 2.33. The average Bonchev–Trinajstić information content (AvgIpc) is 3.20. The number of unbranched alkanes of at least 4 members (excludes halogenated alkanes) is 1. The van der Waals surface area contributed by atoms with E-state index in [1.807, 2.05) is 24.3 Å². The van der Waals surface area contributed by atoms with Crippen molar-refractivity contribution in [2.75, 3.05) is 11.4 Å². The number of anilines is 1. The summed E-state index contributed by atoms with van der Waals surface area (Å²) >= 11 is 1.21. The van der Waals surface area contributed by atoms with Crippen LogP contribution in [0.3, 0.4) is 0 Å². The van der Waals surface area contributed by atoms with Gasteiger partial charge in [0.2, 0.25) is 4.96 Å². The van der Waals surface area contributed by atoms with Crippen LogP contribution in [-0.2, 0) is 4.79 Å². The fraction of sp³-hybridized carbons (Fsp3) is 0.250. The van der Waals surface area contributed by atoms with Crippen molar-refractivity contribution in [2.24, 2.45) is 0 Å². The van der Waals surface area contributed by atoms with E-state index in [4.69, 9.17) is 0 Å². The van der Waals surface area contributed by atoms with Crippen molar-refractivity contribution in [2.45, 2.75) is 19.8 Å². The van der Waals surface area contributed by atoms with Crippen molar-refractivity contribution in [1.82, 2.24) is 14.6 Å². The van der Waals surface area contributed by atoms with Crippen molar-refractivity contribution in [3.8, 4) is 0 Å². The first-order chi connectivity index (χ1) is 11.2. The third kappa shape index (κ3) is 2.00. The number of hydrogen-bond donors (Lipinski definition) is 0. The first-order valence-electron chi connectivity index (χ1n) is 7.50. The maximum Gasteiger partial charge on any atom is 0.291 e. The molecule has 0 N–H and O–H groups in total. The van der Waals surface area contributed by atoms with Gasteiger partial charge in [-0.15, -0.1) is 0 Å². The molecular formula is C16H14N4O2S. The highest BCUT2D eigenvalue weighted by Crippen LogP contribution is 2.35. The molecule has 0 atom stereocenters. The quantitative estimate of drug-likeness (QED) is 0.726. The van der Waals surface area contributed by atoms with Gasteiger partial charge >= 0.3 is 0 Å². The second-order valence-electron chi connectivity index (χ2n) is 5.39. The summed E-state index contributed by atoms with van der Waals surface area (Å²) in [6.45, 7) is 2.75. The Morgan fingerprint density at radius 2 is 2.04 bits per heavy atom. The predicted octanol–water partition coefficient (Wildman–Crippen LogP) is 1.22. The van der Waals surface area contributed by atoms with Gasteiger partial charge in [-0.3, -0.25) is 9.59 Å². The second kappa shape index (κ2) is 5.27. The van der Waals surface area contributed by atoms with Crippen LogP contribution < -0.4 is 15.0 Å². The van der Waals surface area contributed by atoms with Gasteiger partial charge in [0.05, 0.1) is 11.3 Å². The minimum absolute atomic E-state index is 0.110. The zero-order chi connectivity index (χ0) is 16.0. The summed E-state index contributed by atoms with van der Waals surface area (Å²) in [5.74, 6) is -0.110. The van der Waals surface area contributed by atoms with Gasteiger partial charge in [0.15, 0.2) is 0 Å². The maximum atomic E-state index is 12.9. The maximum absolute atomic E-state index is 12.9. The molecule has 0 radical (unpaired) electrons. The molecule has 116 valence electrons. The van der Waals surface area contributed by atoms with E-state index in [1.54, 1.807) is 4.90 Å². The Bertz CT molecular complexity index is 1020. The molecule has 2 aromatic heterocycles. The molecule has 3 aromatic rings. The summed E-state index contributed by atoms with van der Waals surface area (Å²) in [6.07, 6.45) is 3.28. The highest BCUT2D eigenvalue weighted by atomic mass is 32.1. The summed E-state index contributed by atoms with van der Waals surface area (Å²) < 4.78 is 1.66. The van der Waals surface area contributed by atoms with Crippen LogP contribution in [0.15, 0.2) is 35.4 Å². The number of rotatable bonds is 3. The summed E-state index contributed by atoms with van der Waals surface area (Å²) in [5, 5.41) is 3.93. The standard InChI is InChI=1S/C16H14N4O2S/c1-2-3-8-19-11-7-5-4-6-10(11)12(14(19)21)13-15(22)20-16(23-13)17-9-18-20/h4-7,9H,2-3,8H2,1H3. The lowest BCUT2D eigenvalue weighted by molar-refractivity contribution is -0.113. The van der Waals surface area contributed by atoms with Gasteiger partial charge in [0.25, 0.3) is 11.5 Å². The minimum atomic E-state index is -0.280. The van der Waals surface area contributed by atoms with Crippen LogP contribution in [0.1, 0.15) is 25.3 Å². The molecule has 1 aromatic carbocycles. The predicted molar refractivity (Wildman–Crippen MR) is 88.6 cm³/mol. The Morgan fingerprint density at radius 3 is 2.83 bits per heavy atom. The Balaban J connectivity index is 2.01. The van der Waals surface area contributed by atoms with Gasteiger partial charge in [0.1, 0.15) is 10.9 Å². The molecule has 0 unspecified atom stereocenters. The number of carbonyl (C=O) groups excluding carboxylic acids is 1. The molecule has 0 spiro atoms. The Labute approximate surface area is 135 Å². The number of fused-ring (bicyclic) bond motifs is 2. The number of amides is 1. The number of thiazole rings is 1. The number of benzene rings is 1. The highest BCUT2D eigenvalue weighted by molar-refractivity contribution is 7.15. The van der Waals surface area contributed by atoms with E-state index in [-0.39, 0.29) is 11.5 Å². The van der Waals surface area contributed by atoms with Crippen LogP contribution in [0.5, 0.6) is 0 Å². The minimum Gasteiger partial charge on any atom is -0.308 e. The zero-order valence-corrected chi connectivity index (χ0v) is 13.3. The zero-order valence-electron chi connectivity index (χ0n) is 12.5. The third-order valence-electron chi connectivity index (χ3n) is 3.98. The van der Waals surface area contributed by atoms with Gasteiger partial charge in [-0.05, 0) is 12.5 Å². The van der Waals surface area contributed by atoms with E-state index >= 15 is 0 Å². The van der Waals surface area contributed by atoms with E-state index < -0.39 is 0 Å². The van der Waals surface area contributed by atoms with Crippen molar-refractivity contribution >= 4 is 33.5 Å². The lowest BCUT2D eigenvalue weighted by Gasteiger charge is -2.16. The molecule has 7 heteroatoms. The lowest BCUT2D eigenvalue weighted by atomic mass is 10.1. The monoisotopic (exact) mass is 326 g/mol. The molecule has 1 aliphatic heterocycles. The van der Waals surface area contributed by atoms with E-state index in [9.17, 15) is 9.59 Å². The van der Waals surface area contributed by atoms with Crippen LogP contribution in [-0.4, -0.2) is 27.0 Å². The van der Waals surface area contributed by atoms with E-state index in [0.29, 0.717) is 21.6 Å². The molecule has 4 rings (SSSR count). The van der Waals surface area contributed by atoms with E-state index in [0.717, 1.165) is 24.1 Å². The second-order valence-corrected chi connectivity index (χ2v) is 6.37. The average molecular weight is 326 g/mol. The van der Waals surface area contributed by atoms with Crippen LogP contribution in [0, 0.1) is 0 Å². The van der Waals surface area contributed by atoms with Crippen molar-refractivity contribution in [1.29, 1.82) is 0 Å². The molecule has 1 amide bonds. The molecule has 6 nitrogen and oxygen atoms in total. The molecule has 0 bridgehead atoms. The van der Waals surface area contributed by atoms with Gasteiger partial charge in [-0.1, -0.05) is 42.9 Å². The van der Waals surface area contributed by atoms with Gasteiger partial charge in [-0.25, -0.2) is 4.98 Å². The topological polar surface area (TPSA) is 67.6 Å². The van der Waals surface area contributed by atoms with Crippen molar-refractivity contribution in [3.05, 3.63) is 51.0 Å². The van der Waals surface area contributed by atoms with Gasteiger partial charge in [-0.2, -0.15) is 9.61 Å². The van der Waals surface area contributed by atoms with E-state index in [1.165, 1.54) is 22.2 Å². The molecule has 0 aliphatic carbocycles. The molecule has 1 aliphatic rings. The summed E-state index contributed by atoms with van der Waals surface area (Å²) in [4.78, 5) is 31.8. The van der Waals surface area contributed by atoms with E-state index in [2.05, 4.69) is 17.0 Å². The van der Waals surface area contributed by atoms with Crippen molar-refractivity contribution in [3.63, 3.8) is 0 Å². The van der Waals surface area contributed by atoms with Crippen molar-refractivity contribution < 1.29 is 4.79 Å². The molecule has 0 saturated heterocycles. The lowest BCUT2D eigenvalue weighted by Crippen LogP contribution is -2.32. The molecular weight excluding hydrogens is 312 g/mol. The Kier molecular flexibility index (Phi) is 3.23. The van der Waals surface area contributed by atoms with Gasteiger partial charge < -0.3 is 4.90 Å². The fourth-order valence-corrected chi connectivity index (χ4v) is 3.84. The molecule has 0 fully saturated rings. The summed E-state index contributed by atoms with van der Waals surface area (Å²) in [5.41, 5.74) is 1.88. The first-order valence-corrected chi connectivity index (χ1v) is 8.32. The largest absolute Gasteiger partial charge is 0.308 e. The smallest absolute Gasteiger partial charge is 0.291 e. The normalized spacial score (nSPS) is 16.4. The van der Waals surface area contributed by atoms with Gasteiger partial charge in [0, 0.05) is 12.1 Å². The molecule has 3 heterocycles. The number of carbonyl (C=O) groups is 1. The summed E-state index contributed by atoms with van der Waals surface area (Å²) in [6, 6.07) is 7.62. The van der Waals surface area contributed by atoms with Crippen LogP contribution in [0.2, 0.25) is 0 Å². The molecule has 23 heavy (non-hydrogen) atoms. The number of nitrogens with zero attached hydrogens (tertiary/aromatic N) is 4. The third-order valence-corrected chi connectivity index (χ3v) is 5.03. The SMILES string of the molecule is CCCCN1C(=O)C(=c2sc3ncnn3c2=O)c2ccccc21. The Morgan fingerprint density at radius 1 is 1.22 bits per heavy atom. The number of para-hydroxylation sites is 1.